The summed E-state index contributed by atoms with van der Waals surface area (Å²) in [4.78, 5) is 26.5. The molecule has 0 aliphatic carbocycles. The van der Waals surface area contributed by atoms with Crippen LogP contribution < -0.4 is 10.0 Å². The van der Waals surface area contributed by atoms with Gasteiger partial charge < -0.3 is 14.6 Å². The standard InChI is InChI=1S/C23H29IN3O6PS/c1-15-7-9-16(10-8-15)21-20(22(28)25-2)17-13-18(24)19(27-23(17)33-21)14-35(31,32)26-11-5-4-6-12-34(3,29)30/h7-10,13,26H,4-6,11-12,14H2,1-3H3,(H,25,28)(H,29,30). The highest BCUT2D eigenvalue weighted by atomic mass is 127. The Kier molecular flexibility index (Phi) is 9.14. The van der Waals surface area contributed by atoms with Crippen LogP contribution in [0.15, 0.2) is 34.7 Å². The van der Waals surface area contributed by atoms with Gasteiger partial charge in [-0.15, -0.1) is 0 Å². The second-order valence-electron chi connectivity index (χ2n) is 8.51. The van der Waals surface area contributed by atoms with Crippen molar-refractivity contribution in [2.24, 2.45) is 0 Å². The molecule has 1 amide bonds. The van der Waals surface area contributed by atoms with Gasteiger partial charge in [-0.25, -0.2) is 18.1 Å². The second kappa shape index (κ2) is 11.5. The van der Waals surface area contributed by atoms with Gasteiger partial charge in [0.05, 0.1) is 16.6 Å². The summed E-state index contributed by atoms with van der Waals surface area (Å²) in [5.41, 5.74) is 2.66. The van der Waals surface area contributed by atoms with E-state index < -0.39 is 17.4 Å². The lowest BCUT2D eigenvalue weighted by Crippen LogP contribution is -2.27. The predicted octanol–water partition coefficient (Wildman–Crippen LogP) is 4.26. The number of nitrogens with zero attached hydrogens (tertiary/aromatic N) is 1. The highest BCUT2D eigenvalue weighted by Gasteiger charge is 2.25. The van der Waals surface area contributed by atoms with Crippen molar-refractivity contribution in [3.05, 3.63) is 50.7 Å². The van der Waals surface area contributed by atoms with Crippen molar-refractivity contribution in [2.45, 2.75) is 31.9 Å². The van der Waals surface area contributed by atoms with Gasteiger partial charge in [-0.2, -0.15) is 0 Å². The summed E-state index contributed by atoms with van der Waals surface area (Å²) >= 11 is 2.01. The molecule has 0 aliphatic rings. The van der Waals surface area contributed by atoms with Gasteiger partial charge in [0.1, 0.15) is 11.5 Å². The van der Waals surface area contributed by atoms with Gasteiger partial charge in [-0.3, -0.25) is 9.36 Å². The number of unbranched alkanes of at least 4 members (excludes halogenated alkanes) is 2. The largest absolute Gasteiger partial charge is 0.437 e. The molecule has 9 nitrogen and oxygen atoms in total. The number of pyridine rings is 1. The Labute approximate surface area is 218 Å². The Bertz CT molecular complexity index is 1370. The summed E-state index contributed by atoms with van der Waals surface area (Å²) in [5.74, 6) is -0.280. The van der Waals surface area contributed by atoms with Crippen molar-refractivity contribution >= 4 is 57.0 Å². The molecule has 0 radical (unpaired) electrons. The Balaban J connectivity index is 1.81. The molecule has 12 heteroatoms. The first-order chi connectivity index (χ1) is 16.4. The van der Waals surface area contributed by atoms with E-state index in [2.05, 4.69) is 15.0 Å². The molecule has 3 N–H and O–H groups in total. The average Bonchev–Trinajstić information content (AvgIpc) is 3.13. The minimum Gasteiger partial charge on any atom is -0.437 e. The molecule has 0 spiro atoms. The molecule has 2 aromatic heterocycles. The lowest BCUT2D eigenvalue weighted by Gasteiger charge is -2.08. The molecule has 190 valence electrons. The van der Waals surface area contributed by atoms with Gasteiger partial charge in [0.15, 0.2) is 7.37 Å². The maximum absolute atomic E-state index is 12.7. The topological polar surface area (TPSA) is 139 Å². The SMILES string of the molecule is CNC(=O)c1c(-c2ccc(C)cc2)oc2nc(CS(=O)(=O)NCCCCCP(C)(=O)O)c(I)cc12. The fraction of sp³-hybridized carbons (Fsp3) is 0.391. The zero-order valence-electron chi connectivity index (χ0n) is 19.8. The van der Waals surface area contributed by atoms with Crippen LogP contribution in [-0.4, -0.2) is 50.6 Å². The van der Waals surface area contributed by atoms with Crippen LogP contribution in [-0.2, 0) is 20.3 Å². The Hall–Kier alpha value is -1.79. The van der Waals surface area contributed by atoms with Gasteiger partial charge in [0.25, 0.3) is 5.91 Å². The minimum atomic E-state index is -3.67. The molecule has 2 heterocycles. The van der Waals surface area contributed by atoms with Crippen LogP contribution in [0.3, 0.4) is 0 Å². The summed E-state index contributed by atoms with van der Waals surface area (Å²) in [6.07, 6.45) is 2.01. The first-order valence-corrected chi connectivity index (χ1v) is 16.1. The van der Waals surface area contributed by atoms with Crippen LogP contribution in [0.25, 0.3) is 22.4 Å². The van der Waals surface area contributed by atoms with Crippen molar-refractivity contribution < 1.29 is 27.1 Å². The summed E-state index contributed by atoms with van der Waals surface area (Å²) in [6.45, 7) is 3.52. The van der Waals surface area contributed by atoms with Crippen molar-refractivity contribution in [1.82, 2.24) is 15.0 Å². The van der Waals surface area contributed by atoms with E-state index in [-0.39, 0.29) is 30.1 Å². The molecular formula is C23H29IN3O6PS. The van der Waals surface area contributed by atoms with E-state index in [0.717, 1.165) is 11.1 Å². The van der Waals surface area contributed by atoms with E-state index in [1.54, 1.807) is 6.07 Å². The van der Waals surface area contributed by atoms with Crippen molar-refractivity contribution in [1.29, 1.82) is 0 Å². The number of aromatic nitrogens is 1. The number of nitrogens with one attached hydrogen (secondary N) is 2. The zero-order chi connectivity index (χ0) is 25.8. The monoisotopic (exact) mass is 633 g/mol. The lowest BCUT2D eigenvalue weighted by molar-refractivity contribution is 0.0964. The van der Waals surface area contributed by atoms with Crippen LogP contribution in [0.1, 0.15) is 40.9 Å². The Morgan fingerprint density at radius 1 is 1.20 bits per heavy atom. The van der Waals surface area contributed by atoms with Gasteiger partial charge in [-0.05, 0) is 48.4 Å². The van der Waals surface area contributed by atoms with Gasteiger partial charge in [0, 0.05) is 35.6 Å². The maximum atomic E-state index is 12.7. The molecule has 0 fully saturated rings. The molecule has 1 unspecified atom stereocenters. The fourth-order valence-electron chi connectivity index (χ4n) is 3.56. The molecule has 1 aromatic carbocycles. The molecule has 0 saturated heterocycles. The lowest BCUT2D eigenvalue weighted by atomic mass is 10.0. The number of fused-ring (bicyclic) bond motifs is 1. The number of benzene rings is 1. The van der Waals surface area contributed by atoms with Crippen LogP contribution in [0.4, 0.5) is 0 Å². The highest BCUT2D eigenvalue weighted by Crippen LogP contribution is 2.36. The maximum Gasteiger partial charge on any atom is 0.255 e. The van der Waals surface area contributed by atoms with E-state index in [1.807, 2.05) is 53.8 Å². The molecule has 3 aromatic rings. The normalized spacial score (nSPS) is 13.6. The molecule has 0 bridgehead atoms. The molecule has 0 aliphatic heterocycles. The molecule has 1 atom stereocenters. The summed E-state index contributed by atoms with van der Waals surface area (Å²) in [7, 11) is -5.16. The first-order valence-electron chi connectivity index (χ1n) is 11.1. The number of hydrogen-bond donors (Lipinski definition) is 3. The van der Waals surface area contributed by atoms with E-state index in [1.165, 1.54) is 13.7 Å². The predicted molar refractivity (Wildman–Crippen MR) is 145 cm³/mol. The number of furan rings is 1. The number of rotatable bonds is 11. The highest BCUT2D eigenvalue weighted by molar-refractivity contribution is 14.1. The van der Waals surface area contributed by atoms with Crippen LogP contribution in [0.2, 0.25) is 0 Å². The average molecular weight is 633 g/mol. The van der Waals surface area contributed by atoms with Crippen molar-refractivity contribution in [2.75, 3.05) is 26.4 Å². The molecule has 35 heavy (non-hydrogen) atoms. The molecular weight excluding hydrogens is 604 g/mol. The van der Waals surface area contributed by atoms with E-state index in [0.29, 0.717) is 45.2 Å². The van der Waals surface area contributed by atoms with Crippen molar-refractivity contribution in [3.8, 4) is 11.3 Å². The summed E-state index contributed by atoms with van der Waals surface area (Å²) in [6, 6.07) is 9.28. The number of amides is 1. The number of sulfonamides is 1. The van der Waals surface area contributed by atoms with Gasteiger partial charge in [0.2, 0.25) is 15.7 Å². The third-order valence-electron chi connectivity index (χ3n) is 5.38. The summed E-state index contributed by atoms with van der Waals surface area (Å²) in [5, 5.41) is 3.14. The van der Waals surface area contributed by atoms with E-state index >= 15 is 0 Å². The van der Waals surface area contributed by atoms with Gasteiger partial charge >= 0.3 is 0 Å². The van der Waals surface area contributed by atoms with Crippen molar-refractivity contribution in [3.63, 3.8) is 0 Å². The Morgan fingerprint density at radius 2 is 1.89 bits per heavy atom. The Morgan fingerprint density at radius 3 is 2.51 bits per heavy atom. The number of carbonyl (C=O) groups is 1. The van der Waals surface area contributed by atoms with Gasteiger partial charge in [-0.1, -0.05) is 36.2 Å². The first kappa shape index (κ1) is 27.8. The third kappa shape index (κ3) is 7.60. The number of halogens is 1. The number of carbonyl (C=O) groups excluding carboxylic acids is 1. The quantitative estimate of drug-likeness (QED) is 0.163. The van der Waals surface area contributed by atoms with Crippen LogP contribution in [0.5, 0.6) is 0 Å². The third-order valence-corrected chi connectivity index (χ3v) is 8.75. The molecule has 0 saturated carbocycles. The second-order valence-corrected chi connectivity index (χ2v) is 14.0. The van der Waals surface area contributed by atoms with E-state index in [4.69, 9.17) is 4.42 Å². The zero-order valence-corrected chi connectivity index (χ0v) is 23.7. The fourth-order valence-corrected chi connectivity index (χ4v) is 6.39. The van der Waals surface area contributed by atoms with E-state index in [9.17, 15) is 22.7 Å². The van der Waals surface area contributed by atoms with Crippen LogP contribution >= 0.6 is 30.0 Å². The summed E-state index contributed by atoms with van der Waals surface area (Å²) < 4.78 is 45.7. The molecule has 3 rings (SSSR count). The smallest absolute Gasteiger partial charge is 0.255 e. The number of hydrogen-bond acceptors (Lipinski definition) is 6. The minimum absolute atomic E-state index is 0.192. The van der Waals surface area contributed by atoms with Crippen LogP contribution in [0, 0.1) is 10.5 Å². The number of aryl methyl sites for hydroxylation is 1.